The van der Waals surface area contributed by atoms with Crippen LogP contribution in [0.2, 0.25) is 0 Å². The molecule has 4 heteroatoms. The standard InChI is InChI=1S/C15H18O4/c1-3-5-8-18-12-6-7-13-11(9-12)10-14(19-13)15(16)17-4-2/h6-7,9-10H,3-5,8H2,1-2H3. The summed E-state index contributed by atoms with van der Waals surface area (Å²) in [6.45, 7) is 4.92. The molecule has 0 saturated carbocycles. The fourth-order valence-electron chi connectivity index (χ4n) is 1.75. The van der Waals surface area contributed by atoms with E-state index in [-0.39, 0.29) is 5.76 Å². The number of furan rings is 1. The van der Waals surface area contributed by atoms with Crippen LogP contribution in [-0.4, -0.2) is 19.2 Å². The van der Waals surface area contributed by atoms with E-state index >= 15 is 0 Å². The molecule has 0 radical (unpaired) electrons. The van der Waals surface area contributed by atoms with E-state index in [0.717, 1.165) is 24.0 Å². The highest BCUT2D eigenvalue weighted by atomic mass is 16.5. The maximum Gasteiger partial charge on any atom is 0.374 e. The first-order valence-corrected chi connectivity index (χ1v) is 6.58. The molecule has 0 unspecified atom stereocenters. The van der Waals surface area contributed by atoms with Crippen LogP contribution in [0.3, 0.4) is 0 Å². The van der Waals surface area contributed by atoms with E-state index in [2.05, 4.69) is 6.92 Å². The monoisotopic (exact) mass is 262 g/mol. The molecule has 2 aromatic rings. The third-order valence-corrected chi connectivity index (χ3v) is 2.73. The van der Waals surface area contributed by atoms with Crippen LogP contribution in [0.25, 0.3) is 11.0 Å². The number of carbonyl (C=O) groups is 1. The van der Waals surface area contributed by atoms with E-state index in [0.29, 0.717) is 18.8 Å². The van der Waals surface area contributed by atoms with Crippen molar-refractivity contribution in [1.29, 1.82) is 0 Å². The van der Waals surface area contributed by atoms with E-state index in [1.165, 1.54) is 0 Å². The molecule has 0 fully saturated rings. The van der Waals surface area contributed by atoms with Crippen LogP contribution in [0.15, 0.2) is 28.7 Å². The highest BCUT2D eigenvalue weighted by Gasteiger charge is 2.13. The fraction of sp³-hybridized carbons (Fsp3) is 0.400. The smallest absolute Gasteiger partial charge is 0.374 e. The molecular weight excluding hydrogens is 244 g/mol. The highest BCUT2D eigenvalue weighted by molar-refractivity contribution is 5.92. The fourth-order valence-corrected chi connectivity index (χ4v) is 1.75. The first-order chi connectivity index (χ1) is 9.24. The van der Waals surface area contributed by atoms with Gasteiger partial charge in [0, 0.05) is 5.39 Å². The molecule has 19 heavy (non-hydrogen) atoms. The quantitative estimate of drug-likeness (QED) is 0.587. The Bertz CT molecular complexity index is 556. The van der Waals surface area contributed by atoms with E-state index in [4.69, 9.17) is 13.9 Å². The van der Waals surface area contributed by atoms with Gasteiger partial charge in [0.1, 0.15) is 11.3 Å². The van der Waals surface area contributed by atoms with Crippen molar-refractivity contribution in [3.8, 4) is 5.75 Å². The lowest BCUT2D eigenvalue weighted by Crippen LogP contribution is -2.02. The van der Waals surface area contributed by atoms with Crippen LogP contribution in [0.4, 0.5) is 0 Å². The van der Waals surface area contributed by atoms with Gasteiger partial charge in [0.25, 0.3) is 0 Å². The summed E-state index contributed by atoms with van der Waals surface area (Å²) in [5, 5.41) is 0.844. The number of carbonyl (C=O) groups excluding carboxylic acids is 1. The van der Waals surface area contributed by atoms with Crippen molar-refractivity contribution >= 4 is 16.9 Å². The second-order valence-electron chi connectivity index (χ2n) is 4.23. The molecule has 1 aromatic carbocycles. The molecule has 4 nitrogen and oxygen atoms in total. The summed E-state index contributed by atoms with van der Waals surface area (Å²) in [4.78, 5) is 11.6. The summed E-state index contributed by atoms with van der Waals surface area (Å²) < 4.78 is 16.0. The van der Waals surface area contributed by atoms with E-state index < -0.39 is 5.97 Å². The van der Waals surface area contributed by atoms with Crippen LogP contribution < -0.4 is 4.74 Å². The molecule has 0 atom stereocenters. The van der Waals surface area contributed by atoms with Gasteiger partial charge >= 0.3 is 5.97 Å². The molecule has 0 saturated heterocycles. The molecule has 0 aliphatic carbocycles. The zero-order valence-corrected chi connectivity index (χ0v) is 11.3. The van der Waals surface area contributed by atoms with Gasteiger partial charge in [0.2, 0.25) is 5.76 Å². The third kappa shape index (κ3) is 3.28. The zero-order valence-electron chi connectivity index (χ0n) is 11.3. The lowest BCUT2D eigenvalue weighted by molar-refractivity contribution is 0.0492. The minimum Gasteiger partial charge on any atom is -0.494 e. The predicted molar refractivity (Wildman–Crippen MR) is 72.6 cm³/mol. The Morgan fingerprint density at radius 1 is 1.26 bits per heavy atom. The SMILES string of the molecule is CCCCOc1ccc2oc(C(=O)OCC)cc2c1. The molecule has 0 spiro atoms. The summed E-state index contributed by atoms with van der Waals surface area (Å²) in [5.41, 5.74) is 0.658. The van der Waals surface area contributed by atoms with Gasteiger partial charge < -0.3 is 13.9 Å². The first kappa shape index (κ1) is 13.5. The number of benzene rings is 1. The van der Waals surface area contributed by atoms with Crippen LogP contribution in [-0.2, 0) is 4.74 Å². The topological polar surface area (TPSA) is 48.7 Å². The summed E-state index contributed by atoms with van der Waals surface area (Å²) >= 11 is 0. The summed E-state index contributed by atoms with van der Waals surface area (Å²) in [6.07, 6.45) is 2.12. The molecule has 1 heterocycles. The highest BCUT2D eigenvalue weighted by Crippen LogP contribution is 2.24. The van der Waals surface area contributed by atoms with Crippen LogP contribution in [0, 0.1) is 0 Å². The molecule has 0 N–H and O–H groups in total. The van der Waals surface area contributed by atoms with Crippen molar-refractivity contribution in [3.63, 3.8) is 0 Å². The first-order valence-electron chi connectivity index (χ1n) is 6.58. The molecule has 0 bridgehead atoms. The van der Waals surface area contributed by atoms with Gasteiger partial charge in [-0.15, -0.1) is 0 Å². The molecule has 2 rings (SSSR count). The Balaban J connectivity index is 2.16. The number of fused-ring (bicyclic) bond motifs is 1. The second-order valence-corrected chi connectivity index (χ2v) is 4.23. The number of rotatable bonds is 6. The van der Waals surface area contributed by atoms with Gasteiger partial charge in [-0.1, -0.05) is 13.3 Å². The van der Waals surface area contributed by atoms with Gasteiger partial charge in [0.15, 0.2) is 0 Å². The Morgan fingerprint density at radius 2 is 2.11 bits per heavy atom. The number of ether oxygens (including phenoxy) is 2. The van der Waals surface area contributed by atoms with Crippen LogP contribution in [0.1, 0.15) is 37.2 Å². The molecule has 0 amide bonds. The maximum absolute atomic E-state index is 11.6. The average Bonchev–Trinajstić information content (AvgIpc) is 2.82. The van der Waals surface area contributed by atoms with Gasteiger partial charge in [-0.25, -0.2) is 4.79 Å². The molecule has 0 aliphatic rings. The third-order valence-electron chi connectivity index (χ3n) is 2.73. The van der Waals surface area contributed by atoms with Crippen LogP contribution >= 0.6 is 0 Å². The molecular formula is C15H18O4. The average molecular weight is 262 g/mol. The number of esters is 1. The summed E-state index contributed by atoms with van der Waals surface area (Å²) in [7, 11) is 0. The van der Waals surface area contributed by atoms with E-state index in [1.54, 1.807) is 19.1 Å². The van der Waals surface area contributed by atoms with Crippen molar-refractivity contribution in [2.45, 2.75) is 26.7 Å². The lowest BCUT2D eigenvalue weighted by Gasteiger charge is -2.04. The minimum absolute atomic E-state index is 0.225. The van der Waals surface area contributed by atoms with Crippen LogP contribution in [0.5, 0.6) is 5.75 Å². The molecule has 1 aromatic heterocycles. The summed E-state index contributed by atoms with van der Waals surface area (Å²) in [5.74, 6) is 0.576. The Hall–Kier alpha value is -1.97. The van der Waals surface area contributed by atoms with Gasteiger partial charge in [-0.3, -0.25) is 0 Å². The van der Waals surface area contributed by atoms with Crippen molar-refractivity contribution in [2.75, 3.05) is 13.2 Å². The molecule has 0 aliphatic heterocycles. The largest absolute Gasteiger partial charge is 0.494 e. The maximum atomic E-state index is 11.6. The van der Waals surface area contributed by atoms with E-state index in [1.807, 2.05) is 12.1 Å². The second kappa shape index (κ2) is 6.27. The van der Waals surface area contributed by atoms with Gasteiger partial charge in [0.05, 0.1) is 13.2 Å². The number of hydrogen-bond acceptors (Lipinski definition) is 4. The Labute approximate surface area is 112 Å². The zero-order chi connectivity index (χ0) is 13.7. The Morgan fingerprint density at radius 3 is 2.84 bits per heavy atom. The minimum atomic E-state index is -0.438. The van der Waals surface area contributed by atoms with Crippen molar-refractivity contribution < 1.29 is 18.7 Å². The van der Waals surface area contributed by atoms with Crippen molar-refractivity contribution in [3.05, 3.63) is 30.0 Å². The van der Waals surface area contributed by atoms with Gasteiger partial charge in [-0.05, 0) is 37.6 Å². The normalized spacial score (nSPS) is 10.6. The predicted octanol–water partition coefficient (Wildman–Crippen LogP) is 3.79. The van der Waals surface area contributed by atoms with Crippen molar-refractivity contribution in [1.82, 2.24) is 0 Å². The number of unbranched alkanes of at least 4 members (excludes halogenated alkanes) is 1. The summed E-state index contributed by atoms with van der Waals surface area (Å²) in [6, 6.07) is 7.20. The lowest BCUT2D eigenvalue weighted by atomic mass is 10.2. The Kier molecular flexibility index (Phi) is 4.44. The van der Waals surface area contributed by atoms with Gasteiger partial charge in [-0.2, -0.15) is 0 Å². The van der Waals surface area contributed by atoms with E-state index in [9.17, 15) is 4.79 Å². The number of hydrogen-bond donors (Lipinski definition) is 0. The molecule has 102 valence electrons. The van der Waals surface area contributed by atoms with Crippen molar-refractivity contribution in [2.24, 2.45) is 0 Å².